The van der Waals surface area contributed by atoms with Crippen molar-refractivity contribution in [2.24, 2.45) is 0 Å². The molecule has 0 bridgehead atoms. The van der Waals surface area contributed by atoms with Gasteiger partial charge in [0, 0.05) is 47.9 Å². The van der Waals surface area contributed by atoms with E-state index in [1.54, 1.807) is 0 Å². The molecule has 0 amide bonds. The number of hydrogen-bond donors (Lipinski definition) is 1. The average Bonchev–Trinajstić information content (AvgIpc) is 2.64. The molecule has 0 atom stereocenters. The van der Waals surface area contributed by atoms with Crippen LogP contribution in [0.5, 0.6) is 0 Å². The number of rotatable bonds is 3. The van der Waals surface area contributed by atoms with E-state index in [1.165, 1.54) is 0 Å². The molecule has 25 heavy (non-hydrogen) atoms. The van der Waals surface area contributed by atoms with Crippen molar-refractivity contribution in [1.82, 2.24) is 14.9 Å². The predicted molar refractivity (Wildman–Crippen MR) is 107 cm³/mol. The fourth-order valence-electron chi connectivity index (χ4n) is 3.07. The number of hydrogen-bond acceptors (Lipinski definition) is 5. The minimum absolute atomic E-state index is 0.968. The Hall–Kier alpha value is -2.18. The zero-order chi connectivity index (χ0) is 17.2. The molecular weight excluding hydrogens is 378 g/mol. The largest absolute Gasteiger partial charge is 0.354 e. The van der Waals surface area contributed by atoms with Crippen molar-refractivity contribution >= 4 is 44.0 Å². The van der Waals surface area contributed by atoms with Gasteiger partial charge in [-0.05, 0) is 43.4 Å². The van der Waals surface area contributed by atoms with Crippen LogP contribution in [0.25, 0.3) is 10.9 Å². The third-order valence-electron chi connectivity index (χ3n) is 4.56. The first kappa shape index (κ1) is 16.3. The van der Waals surface area contributed by atoms with Crippen LogP contribution in [-0.4, -0.2) is 48.1 Å². The summed E-state index contributed by atoms with van der Waals surface area (Å²) < 4.78 is 1.04. The highest BCUT2D eigenvalue weighted by atomic mass is 79.9. The molecule has 6 heteroatoms. The molecule has 1 aromatic carbocycles. The molecule has 128 valence electrons. The van der Waals surface area contributed by atoms with Gasteiger partial charge in [-0.2, -0.15) is 0 Å². The van der Waals surface area contributed by atoms with Gasteiger partial charge >= 0.3 is 0 Å². The Bertz CT molecular complexity index is 873. The molecule has 5 nitrogen and oxygen atoms in total. The fourth-order valence-corrected chi connectivity index (χ4v) is 3.43. The summed E-state index contributed by atoms with van der Waals surface area (Å²) in [5.41, 5.74) is 2.97. The summed E-state index contributed by atoms with van der Waals surface area (Å²) in [4.78, 5) is 13.7. The van der Waals surface area contributed by atoms with Crippen LogP contribution in [-0.2, 0) is 0 Å². The third-order valence-corrected chi connectivity index (χ3v) is 5.05. The summed E-state index contributed by atoms with van der Waals surface area (Å²) in [5, 5.41) is 4.54. The van der Waals surface area contributed by atoms with E-state index < -0.39 is 0 Å². The van der Waals surface area contributed by atoms with Gasteiger partial charge in [0.15, 0.2) is 0 Å². The molecule has 1 fully saturated rings. The van der Waals surface area contributed by atoms with Crippen LogP contribution in [0.3, 0.4) is 0 Å². The van der Waals surface area contributed by atoms with E-state index in [1.807, 2.05) is 30.6 Å². The fraction of sp³-hybridized carbons (Fsp3) is 0.263. The van der Waals surface area contributed by atoms with Gasteiger partial charge < -0.3 is 15.1 Å². The van der Waals surface area contributed by atoms with Crippen molar-refractivity contribution in [3.63, 3.8) is 0 Å². The third kappa shape index (κ3) is 3.60. The van der Waals surface area contributed by atoms with Gasteiger partial charge in [-0.15, -0.1) is 0 Å². The van der Waals surface area contributed by atoms with Crippen molar-refractivity contribution < 1.29 is 0 Å². The van der Waals surface area contributed by atoms with Crippen LogP contribution in [0, 0.1) is 0 Å². The monoisotopic (exact) mass is 397 g/mol. The summed E-state index contributed by atoms with van der Waals surface area (Å²) in [6.07, 6.45) is 3.72. The molecule has 1 aliphatic rings. The highest BCUT2D eigenvalue weighted by Crippen LogP contribution is 2.28. The molecule has 4 rings (SSSR count). The van der Waals surface area contributed by atoms with E-state index >= 15 is 0 Å². The molecule has 0 unspecified atom stereocenters. The molecule has 0 aliphatic carbocycles. The summed E-state index contributed by atoms with van der Waals surface area (Å²) in [6, 6.07) is 12.3. The predicted octanol–water partition coefficient (Wildman–Crippen LogP) is 3.89. The van der Waals surface area contributed by atoms with Crippen LogP contribution in [0.1, 0.15) is 0 Å². The van der Waals surface area contributed by atoms with Crippen molar-refractivity contribution in [1.29, 1.82) is 0 Å². The lowest BCUT2D eigenvalue weighted by Crippen LogP contribution is -2.44. The minimum atomic E-state index is 0.968. The highest BCUT2D eigenvalue weighted by Gasteiger charge is 2.15. The van der Waals surface area contributed by atoms with Crippen LogP contribution < -0.4 is 10.2 Å². The first-order valence-electron chi connectivity index (χ1n) is 8.40. The van der Waals surface area contributed by atoms with Crippen LogP contribution in [0.4, 0.5) is 17.2 Å². The Morgan fingerprint density at radius 3 is 2.60 bits per heavy atom. The molecule has 0 spiro atoms. The van der Waals surface area contributed by atoms with E-state index in [2.05, 4.69) is 66.3 Å². The SMILES string of the molecule is CN1CCN(c2ccc(Nc3ccnc4ccc(Br)cc34)cn2)CC1. The Kier molecular flexibility index (Phi) is 4.55. The minimum Gasteiger partial charge on any atom is -0.354 e. The first-order valence-corrected chi connectivity index (χ1v) is 9.19. The first-order chi connectivity index (χ1) is 12.2. The Morgan fingerprint density at radius 1 is 1.00 bits per heavy atom. The number of anilines is 3. The molecule has 3 aromatic rings. The average molecular weight is 398 g/mol. The van der Waals surface area contributed by atoms with Gasteiger partial charge in [0.2, 0.25) is 0 Å². The standard InChI is InChI=1S/C19H20BrN5/c1-24-8-10-25(11-9-24)19-5-3-15(13-22-19)23-18-6-7-21-17-4-2-14(20)12-16(17)18/h2-7,12-13H,8-11H2,1H3,(H,21,23). The number of pyridine rings is 2. The number of piperazine rings is 1. The number of benzene rings is 1. The Morgan fingerprint density at radius 2 is 1.84 bits per heavy atom. The molecule has 0 radical (unpaired) electrons. The van der Waals surface area contributed by atoms with E-state index in [0.29, 0.717) is 0 Å². The topological polar surface area (TPSA) is 44.3 Å². The summed E-state index contributed by atoms with van der Waals surface area (Å²) >= 11 is 3.53. The highest BCUT2D eigenvalue weighted by molar-refractivity contribution is 9.10. The summed E-state index contributed by atoms with van der Waals surface area (Å²) in [5.74, 6) is 1.04. The molecule has 3 heterocycles. The smallest absolute Gasteiger partial charge is 0.128 e. The molecule has 1 aliphatic heterocycles. The molecule has 0 saturated carbocycles. The van der Waals surface area contributed by atoms with Crippen molar-refractivity contribution in [2.75, 3.05) is 43.4 Å². The van der Waals surface area contributed by atoms with E-state index in [0.717, 1.165) is 58.7 Å². The summed E-state index contributed by atoms with van der Waals surface area (Å²) in [6.45, 7) is 4.22. The Balaban J connectivity index is 1.55. The van der Waals surface area contributed by atoms with Gasteiger partial charge in [0.1, 0.15) is 5.82 Å². The van der Waals surface area contributed by atoms with Gasteiger partial charge in [-0.25, -0.2) is 4.98 Å². The zero-order valence-corrected chi connectivity index (χ0v) is 15.7. The molecule has 1 N–H and O–H groups in total. The summed E-state index contributed by atoms with van der Waals surface area (Å²) in [7, 11) is 2.16. The second-order valence-corrected chi connectivity index (χ2v) is 7.26. The number of halogens is 1. The maximum atomic E-state index is 4.64. The Labute approximate surface area is 155 Å². The van der Waals surface area contributed by atoms with Crippen molar-refractivity contribution in [3.8, 4) is 0 Å². The number of likely N-dealkylation sites (N-methyl/N-ethyl adjacent to an activating group) is 1. The van der Waals surface area contributed by atoms with Crippen molar-refractivity contribution in [2.45, 2.75) is 0 Å². The quantitative estimate of drug-likeness (QED) is 0.725. The number of aromatic nitrogens is 2. The number of nitrogens with one attached hydrogen (secondary N) is 1. The number of nitrogens with zero attached hydrogens (tertiary/aromatic N) is 4. The normalized spacial score (nSPS) is 15.5. The van der Waals surface area contributed by atoms with Crippen LogP contribution >= 0.6 is 15.9 Å². The van der Waals surface area contributed by atoms with E-state index in [9.17, 15) is 0 Å². The van der Waals surface area contributed by atoms with Gasteiger partial charge in [-0.3, -0.25) is 4.98 Å². The number of fused-ring (bicyclic) bond motifs is 1. The van der Waals surface area contributed by atoms with E-state index in [4.69, 9.17) is 0 Å². The lowest BCUT2D eigenvalue weighted by molar-refractivity contribution is 0.312. The maximum absolute atomic E-state index is 4.64. The van der Waals surface area contributed by atoms with Crippen LogP contribution in [0.2, 0.25) is 0 Å². The lowest BCUT2D eigenvalue weighted by atomic mass is 10.2. The van der Waals surface area contributed by atoms with Crippen LogP contribution in [0.15, 0.2) is 53.3 Å². The maximum Gasteiger partial charge on any atom is 0.128 e. The molecular formula is C19H20BrN5. The molecule has 1 saturated heterocycles. The van der Waals surface area contributed by atoms with E-state index in [-0.39, 0.29) is 0 Å². The van der Waals surface area contributed by atoms with Gasteiger partial charge in [-0.1, -0.05) is 15.9 Å². The van der Waals surface area contributed by atoms with Gasteiger partial charge in [0.05, 0.1) is 17.4 Å². The van der Waals surface area contributed by atoms with Gasteiger partial charge in [0.25, 0.3) is 0 Å². The molecule has 2 aromatic heterocycles. The van der Waals surface area contributed by atoms with Crippen molar-refractivity contribution in [3.05, 3.63) is 53.3 Å². The second kappa shape index (κ2) is 6.98. The lowest BCUT2D eigenvalue weighted by Gasteiger charge is -2.33. The zero-order valence-electron chi connectivity index (χ0n) is 14.1. The second-order valence-electron chi connectivity index (χ2n) is 6.34.